The van der Waals surface area contributed by atoms with Crippen LogP contribution in [0.5, 0.6) is 0 Å². The van der Waals surface area contributed by atoms with Crippen LogP contribution in [0.15, 0.2) is 18.3 Å². The number of halogens is 1. The molecule has 1 aliphatic heterocycles. The minimum Gasteiger partial charge on any atom is -0.379 e. The van der Waals surface area contributed by atoms with E-state index in [9.17, 15) is 0 Å². The fraction of sp³-hybridized carbons (Fsp3) is 0.529. The maximum atomic E-state index is 6.30. The summed E-state index contributed by atoms with van der Waals surface area (Å²) in [6.07, 6.45) is 1.34. The molecule has 1 fully saturated rings. The highest BCUT2D eigenvalue weighted by Gasteiger charge is 2.22. The second-order valence-corrected chi connectivity index (χ2v) is 6.28. The Morgan fingerprint density at radius 1 is 1.44 bits per heavy atom. The van der Waals surface area contributed by atoms with Crippen LogP contribution < -0.4 is 10.2 Å². The van der Waals surface area contributed by atoms with Crippen molar-refractivity contribution in [1.29, 1.82) is 0 Å². The second-order valence-electron chi connectivity index (χ2n) is 5.93. The Hall–Kier alpha value is -1.67. The van der Waals surface area contributed by atoms with Crippen molar-refractivity contribution in [2.24, 2.45) is 0 Å². The third-order valence-electron chi connectivity index (χ3n) is 4.32. The number of fused-ring (bicyclic) bond motifs is 1. The lowest BCUT2D eigenvalue weighted by Crippen LogP contribution is -2.44. The zero-order valence-corrected chi connectivity index (χ0v) is 15.4. The van der Waals surface area contributed by atoms with Gasteiger partial charge in [0.05, 0.1) is 25.8 Å². The Morgan fingerprint density at radius 2 is 2.24 bits per heavy atom. The fourth-order valence-corrected chi connectivity index (χ4v) is 3.12. The quantitative estimate of drug-likeness (QED) is 0.622. The van der Waals surface area contributed by atoms with Crippen molar-refractivity contribution in [3.63, 3.8) is 0 Å². The summed E-state index contributed by atoms with van der Waals surface area (Å²) in [6, 6.07) is 4.17. The summed E-state index contributed by atoms with van der Waals surface area (Å²) in [7, 11) is 3.23. The zero-order valence-electron chi connectivity index (χ0n) is 14.7. The van der Waals surface area contributed by atoms with Crippen LogP contribution in [-0.2, 0) is 14.2 Å². The molecule has 1 saturated heterocycles. The van der Waals surface area contributed by atoms with E-state index in [0.717, 1.165) is 23.4 Å². The first-order valence-electron chi connectivity index (χ1n) is 8.23. The third kappa shape index (κ3) is 3.95. The van der Waals surface area contributed by atoms with Gasteiger partial charge >= 0.3 is 0 Å². The predicted octanol–water partition coefficient (Wildman–Crippen LogP) is 2.54. The van der Waals surface area contributed by atoms with E-state index >= 15 is 0 Å². The van der Waals surface area contributed by atoms with Crippen molar-refractivity contribution in [2.75, 3.05) is 50.7 Å². The number of methoxy groups -OCH3 is 2. The largest absolute Gasteiger partial charge is 0.379 e. The molecule has 2 aromatic heterocycles. The van der Waals surface area contributed by atoms with Gasteiger partial charge in [0.2, 0.25) is 0 Å². The van der Waals surface area contributed by atoms with E-state index in [1.54, 1.807) is 20.4 Å². The first-order valence-corrected chi connectivity index (χ1v) is 8.61. The van der Waals surface area contributed by atoms with Gasteiger partial charge in [-0.25, -0.2) is 9.97 Å². The number of nitrogens with zero attached hydrogens (tertiary/aromatic N) is 3. The molecule has 136 valence electrons. The second kappa shape index (κ2) is 8.14. The van der Waals surface area contributed by atoms with E-state index < -0.39 is 0 Å². The smallest absolute Gasteiger partial charge is 0.173 e. The van der Waals surface area contributed by atoms with Crippen LogP contribution in [0.4, 0.5) is 11.5 Å². The maximum absolute atomic E-state index is 6.30. The summed E-state index contributed by atoms with van der Waals surface area (Å²) in [5.74, 6) is 0.854. The summed E-state index contributed by atoms with van der Waals surface area (Å²) in [4.78, 5) is 11.1. The Morgan fingerprint density at radius 3 is 2.96 bits per heavy atom. The Bertz CT molecular complexity index is 726. The van der Waals surface area contributed by atoms with Crippen LogP contribution in [0.3, 0.4) is 0 Å². The van der Waals surface area contributed by atoms with E-state index in [0.29, 0.717) is 30.4 Å². The highest BCUT2D eigenvalue weighted by Crippen LogP contribution is 2.31. The molecular formula is C17H23ClN4O3. The molecule has 1 aliphatic rings. The topological polar surface area (TPSA) is 68.7 Å². The molecule has 8 heteroatoms. The lowest BCUT2D eigenvalue weighted by Gasteiger charge is -2.34. The first-order chi connectivity index (χ1) is 12.1. The first kappa shape index (κ1) is 18.1. The van der Waals surface area contributed by atoms with E-state index in [1.165, 1.54) is 0 Å². The molecule has 1 atom stereocenters. The molecule has 25 heavy (non-hydrogen) atoms. The van der Waals surface area contributed by atoms with Crippen LogP contribution >= 0.6 is 11.6 Å². The van der Waals surface area contributed by atoms with Gasteiger partial charge in [0.1, 0.15) is 11.3 Å². The molecule has 0 unspecified atom stereocenters. The maximum Gasteiger partial charge on any atom is 0.173 e. The van der Waals surface area contributed by atoms with E-state index in [-0.39, 0.29) is 12.3 Å². The molecule has 1 N–H and O–H groups in total. The molecule has 0 amide bonds. The van der Waals surface area contributed by atoms with Crippen LogP contribution in [0.1, 0.15) is 6.92 Å². The molecule has 0 aromatic carbocycles. The van der Waals surface area contributed by atoms with Gasteiger partial charge in [0, 0.05) is 44.1 Å². The van der Waals surface area contributed by atoms with Gasteiger partial charge < -0.3 is 24.4 Å². The number of aromatic nitrogens is 2. The standard InChI is InChI=1S/C17H23ClN4O3/c1-11-10-25-7-6-22(11)14-8-13(20-9-15(23-2)24-3)12-4-5-19-17(18)16(12)21-14/h4-5,8,11,15H,6-7,9-10H2,1-3H3,(H,20,21)/t11-/m1/s1. The summed E-state index contributed by atoms with van der Waals surface area (Å²) >= 11 is 6.30. The number of morpholine rings is 1. The molecule has 0 bridgehead atoms. The summed E-state index contributed by atoms with van der Waals surface area (Å²) < 4.78 is 16.0. The minimum atomic E-state index is -0.341. The van der Waals surface area contributed by atoms with Gasteiger partial charge in [-0.15, -0.1) is 0 Å². The van der Waals surface area contributed by atoms with Crippen molar-refractivity contribution in [3.8, 4) is 0 Å². The average molecular weight is 367 g/mol. The van der Waals surface area contributed by atoms with Gasteiger partial charge in [-0.3, -0.25) is 0 Å². The Kier molecular flexibility index (Phi) is 5.90. The Balaban J connectivity index is 1.99. The molecule has 3 heterocycles. The number of nitrogens with one attached hydrogen (secondary N) is 1. The predicted molar refractivity (Wildman–Crippen MR) is 98.5 cm³/mol. The molecular weight excluding hydrogens is 344 g/mol. The van der Waals surface area contributed by atoms with Gasteiger partial charge in [0.15, 0.2) is 11.4 Å². The van der Waals surface area contributed by atoms with Crippen molar-refractivity contribution in [1.82, 2.24) is 9.97 Å². The summed E-state index contributed by atoms with van der Waals surface area (Å²) in [6.45, 7) is 4.77. The normalized spacial score (nSPS) is 18.1. The summed E-state index contributed by atoms with van der Waals surface area (Å²) in [5, 5.41) is 4.68. The van der Waals surface area contributed by atoms with Gasteiger partial charge in [-0.2, -0.15) is 0 Å². The zero-order chi connectivity index (χ0) is 17.8. The van der Waals surface area contributed by atoms with Crippen molar-refractivity contribution >= 4 is 34.0 Å². The summed E-state index contributed by atoms with van der Waals surface area (Å²) in [5.41, 5.74) is 1.59. The molecule has 0 aliphatic carbocycles. The number of anilines is 2. The number of pyridine rings is 2. The molecule has 0 radical (unpaired) electrons. The average Bonchev–Trinajstić information content (AvgIpc) is 2.63. The third-order valence-corrected chi connectivity index (χ3v) is 4.59. The molecule has 0 spiro atoms. The van der Waals surface area contributed by atoms with Gasteiger partial charge in [-0.1, -0.05) is 11.6 Å². The lowest BCUT2D eigenvalue weighted by molar-refractivity contribution is -0.0913. The van der Waals surface area contributed by atoms with Crippen molar-refractivity contribution in [3.05, 3.63) is 23.5 Å². The molecule has 0 saturated carbocycles. The molecule has 7 nitrogen and oxygen atoms in total. The van der Waals surface area contributed by atoms with Crippen LogP contribution in [0.2, 0.25) is 5.15 Å². The van der Waals surface area contributed by atoms with Crippen molar-refractivity contribution < 1.29 is 14.2 Å². The monoisotopic (exact) mass is 366 g/mol. The number of hydrogen-bond donors (Lipinski definition) is 1. The number of hydrogen-bond acceptors (Lipinski definition) is 7. The van der Waals surface area contributed by atoms with E-state index in [1.807, 2.05) is 12.1 Å². The minimum absolute atomic E-state index is 0.243. The van der Waals surface area contributed by atoms with Gasteiger partial charge in [0.25, 0.3) is 0 Å². The van der Waals surface area contributed by atoms with Gasteiger partial charge in [-0.05, 0) is 13.0 Å². The molecule has 3 rings (SSSR count). The number of ether oxygens (including phenoxy) is 3. The number of rotatable bonds is 6. The SMILES string of the molecule is COC(CNc1cc(N2CCOC[C@H]2C)nc2c(Cl)nccc12)OC. The van der Waals surface area contributed by atoms with Crippen LogP contribution in [0.25, 0.3) is 10.9 Å². The highest BCUT2D eigenvalue weighted by atomic mass is 35.5. The van der Waals surface area contributed by atoms with E-state index in [2.05, 4.69) is 22.1 Å². The van der Waals surface area contributed by atoms with Crippen molar-refractivity contribution in [2.45, 2.75) is 19.3 Å². The fourth-order valence-electron chi connectivity index (χ4n) is 2.92. The van der Waals surface area contributed by atoms with Crippen LogP contribution in [-0.4, -0.2) is 62.8 Å². The Labute approximate surface area is 152 Å². The van der Waals surface area contributed by atoms with Crippen LogP contribution in [0, 0.1) is 0 Å². The molecule has 2 aromatic rings. The highest BCUT2D eigenvalue weighted by molar-refractivity contribution is 6.34. The lowest BCUT2D eigenvalue weighted by atomic mass is 10.2. The van der Waals surface area contributed by atoms with E-state index in [4.69, 9.17) is 30.8 Å².